The average molecular weight is 264 g/mol. The summed E-state index contributed by atoms with van der Waals surface area (Å²) in [6.45, 7) is 2.47. The lowest BCUT2D eigenvalue weighted by Crippen LogP contribution is -2.34. The van der Waals surface area contributed by atoms with E-state index in [4.69, 9.17) is 5.73 Å². The van der Waals surface area contributed by atoms with Gasteiger partial charge >= 0.3 is 0 Å². The average Bonchev–Trinajstić information content (AvgIpc) is 2.48. The Morgan fingerprint density at radius 3 is 2.20 bits per heavy atom. The van der Waals surface area contributed by atoms with Gasteiger partial charge in [0.25, 0.3) is 0 Å². The molecule has 2 aromatic carbocycles. The molecule has 0 aromatic heterocycles. The molecule has 2 heterocycles. The van der Waals surface area contributed by atoms with E-state index < -0.39 is 0 Å². The number of nitrogens with two attached hydrogens (primary N) is 1. The van der Waals surface area contributed by atoms with Crippen LogP contribution in [0.1, 0.15) is 24.0 Å². The van der Waals surface area contributed by atoms with Crippen LogP contribution in [-0.4, -0.2) is 13.1 Å². The number of hydrogen-bond donors (Lipinski definition) is 1. The molecule has 2 aromatic rings. The molecule has 2 N–H and O–H groups in total. The molecule has 0 fully saturated rings. The predicted molar refractivity (Wildman–Crippen MR) is 85.1 cm³/mol. The monoisotopic (exact) mass is 264 g/mol. The lowest BCUT2D eigenvalue weighted by molar-refractivity contribution is 0.634. The Morgan fingerprint density at radius 1 is 0.850 bits per heavy atom. The molecule has 4 rings (SSSR count). The van der Waals surface area contributed by atoms with Gasteiger partial charge in [0.05, 0.1) is 0 Å². The lowest BCUT2D eigenvalue weighted by atomic mass is 9.88. The molecule has 2 aliphatic heterocycles. The molecule has 0 unspecified atom stereocenters. The normalized spacial score (nSPS) is 16.9. The molecule has 2 heteroatoms. The van der Waals surface area contributed by atoms with Crippen LogP contribution in [0.3, 0.4) is 0 Å². The third-order valence-corrected chi connectivity index (χ3v) is 4.55. The van der Waals surface area contributed by atoms with Gasteiger partial charge in [-0.25, -0.2) is 0 Å². The number of anilines is 2. The maximum atomic E-state index is 5.93. The van der Waals surface area contributed by atoms with Gasteiger partial charge in [-0.05, 0) is 72.2 Å². The van der Waals surface area contributed by atoms with Crippen LogP contribution < -0.4 is 10.6 Å². The van der Waals surface area contributed by atoms with Gasteiger partial charge in [0, 0.05) is 24.5 Å². The summed E-state index contributed by atoms with van der Waals surface area (Å²) in [6.07, 6.45) is 5.00. The number of hydrogen-bond acceptors (Lipinski definition) is 2. The van der Waals surface area contributed by atoms with Crippen molar-refractivity contribution in [2.45, 2.75) is 25.7 Å². The molecule has 0 aliphatic carbocycles. The number of nitrogen functional groups attached to an aromatic ring is 1. The first-order chi connectivity index (χ1) is 9.81. The fourth-order valence-corrected chi connectivity index (χ4v) is 3.69. The second-order valence-corrected chi connectivity index (χ2v) is 5.96. The van der Waals surface area contributed by atoms with E-state index >= 15 is 0 Å². The number of nitrogens with zero attached hydrogens (tertiary/aromatic N) is 1. The zero-order valence-corrected chi connectivity index (χ0v) is 11.7. The highest BCUT2D eigenvalue weighted by molar-refractivity contribution is 5.75. The molecule has 0 bridgehead atoms. The van der Waals surface area contributed by atoms with Crippen LogP contribution in [0.2, 0.25) is 0 Å². The quantitative estimate of drug-likeness (QED) is 0.797. The zero-order valence-electron chi connectivity index (χ0n) is 11.7. The van der Waals surface area contributed by atoms with Gasteiger partial charge in [-0.2, -0.15) is 0 Å². The van der Waals surface area contributed by atoms with Crippen molar-refractivity contribution in [1.82, 2.24) is 0 Å². The molecule has 102 valence electrons. The highest BCUT2D eigenvalue weighted by Gasteiger charge is 2.24. The highest BCUT2D eigenvalue weighted by atomic mass is 15.1. The second-order valence-electron chi connectivity index (χ2n) is 5.96. The zero-order chi connectivity index (χ0) is 13.5. The molecular formula is C18H20N2. The van der Waals surface area contributed by atoms with Gasteiger partial charge in [0.2, 0.25) is 0 Å². The summed E-state index contributed by atoms with van der Waals surface area (Å²) in [7, 11) is 0. The minimum atomic E-state index is 0.843. The summed E-state index contributed by atoms with van der Waals surface area (Å²) in [5.74, 6) is 0. The van der Waals surface area contributed by atoms with E-state index in [0.717, 1.165) is 5.69 Å². The predicted octanol–water partition coefficient (Wildman–Crippen LogP) is 3.63. The first kappa shape index (κ1) is 11.8. The van der Waals surface area contributed by atoms with Crippen LogP contribution >= 0.6 is 0 Å². The Hall–Kier alpha value is -1.96. The van der Waals surface area contributed by atoms with Gasteiger partial charge in [0.15, 0.2) is 0 Å². The fourth-order valence-electron chi connectivity index (χ4n) is 3.69. The molecule has 0 radical (unpaired) electrons. The molecule has 0 amide bonds. The number of rotatable bonds is 1. The Kier molecular flexibility index (Phi) is 2.69. The first-order valence-electron chi connectivity index (χ1n) is 7.58. The van der Waals surface area contributed by atoms with Crippen molar-refractivity contribution in [2.24, 2.45) is 0 Å². The van der Waals surface area contributed by atoms with Crippen LogP contribution in [0.25, 0.3) is 11.1 Å². The Labute approximate surface area is 120 Å². The van der Waals surface area contributed by atoms with Crippen LogP contribution in [0.4, 0.5) is 11.4 Å². The molecule has 0 saturated carbocycles. The van der Waals surface area contributed by atoms with Crippen molar-refractivity contribution in [2.75, 3.05) is 23.7 Å². The van der Waals surface area contributed by atoms with Crippen LogP contribution in [0, 0.1) is 0 Å². The van der Waals surface area contributed by atoms with Crippen molar-refractivity contribution in [3.05, 3.63) is 47.5 Å². The van der Waals surface area contributed by atoms with Crippen molar-refractivity contribution in [1.29, 1.82) is 0 Å². The smallest absolute Gasteiger partial charge is 0.0431 e. The van der Waals surface area contributed by atoms with E-state index in [0.29, 0.717) is 0 Å². The number of benzene rings is 2. The van der Waals surface area contributed by atoms with Crippen LogP contribution in [0.15, 0.2) is 36.4 Å². The van der Waals surface area contributed by atoms with E-state index in [1.807, 2.05) is 12.1 Å². The van der Waals surface area contributed by atoms with Gasteiger partial charge < -0.3 is 10.6 Å². The maximum Gasteiger partial charge on any atom is 0.0431 e. The van der Waals surface area contributed by atoms with Gasteiger partial charge in [-0.1, -0.05) is 12.1 Å². The number of aryl methyl sites for hydroxylation is 2. The summed E-state index contributed by atoms with van der Waals surface area (Å²) in [4.78, 5) is 2.58. The van der Waals surface area contributed by atoms with Crippen molar-refractivity contribution < 1.29 is 0 Å². The summed E-state index contributed by atoms with van der Waals surface area (Å²) < 4.78 is 0. The molecule has 2 nitrogen and oxygen atoms in total. The van der Waals surface area contributed by atoms with E-state index in [2.05, 4.69) is 29.2 Å². The summed E-state index contributed by atoms with van der Waals surface area (Å²) in [6, 6.07) is 13.0. The second kappa shape index (κ2) is 4.55. The van der Waals surface area contributed by atoms with E-state index in [-0.39, 0.29) is 0 Å². The molecule has 0 atom stereocenters. The van der Waals surface area contributed by atoms with Gasteiger partial charge in [-0.3, -0.25) is 0 Å². The van der Waals surface area contributed by atoms with Crippen LogP contribution in [-0.2, 0) is 12.8 Å². The molecular weight excluding hydrogens is 244 g/mol. The van der Waals surface area contributed by atoms with E-state index in [1.165, 1.54) is 66.7 Å². The maximum absolute atomic E-state index is 5.93. The minimum absolute atomic E-state index is 0.843. The van der Waals surface area contributed by atoms with Crippen molar-refractivity contribution >= 4 is 11.4 Å². The van der Waals surface area contributed by atoms with Gasteiger partial charge in [0.1, 0.15) is 0 Å². The molecule has 2 aliphatic rings. The molecule has 20 heavy (non-hydrogen) atoms. The molecule has 0 saturated heterocycles. The third kappa shape index (κ3) is 1.87. The van der Waals surface area contributed by atoms with Gasteiger partial charge in [-0.15, -0.1) is 0 Å². The fraction of sp³-hybridized carbons (Fsp3) is 0.333. The minimum Gasteiger partial charge on any atom is -0.399 e. The third-order valence-electron chi connectivity index (χ3n) is 4.55. The first-order valence-corrected chi connectivity index (χ1v) is 7.58. The summed E-state index contributed by atoms with van der Waals surface area (Å²) >= 11 is 0. The SMILES string of the molecule is Nc1cccc(-c2cc3c4c(c2)CCCN4CCC3)c1. The Bertz CT molecular complexity index is 629. The van der Waals surface area contributed by atoms with Crippen LogP contribution in [0.5, 0.6) is 0 Å². The lowest BCUT2D eigenvalue weighted by Gasteiger charge is -2.37. The highest BCUT2D eigenvalue weighted by Crippen LogP contribution is 2.38. The van der Waals surface area contributed by atoms with E-state index in [9.17, 15) is 0 Å². The summed E-state index contributed by atoms with van der Waals surface area (Å²) in [5.41, 5.74) is 13.9. The van der Waals surface area contributed by atoms with Crippen molar-refractivity contribution in [3.8, 4) is 11.1 Å². The Balaban J connectivity index is 1.87. The standard InChI is InChI=1S/C18H20N2/c19-17-7-1-4-13(12-17)16-10-14-5-2-8-20-9-3-6-15(11-16)18(14)20/h1,4,7,10-12H,2-3,5-6,8-9,19H2. The Morgan fingerprint density at radius 2 is 1.55 bits per heavy atom. The van der Waals surface area contributed by atoms with Crippen molar-refractivity contribution in [3.63, 3.8) is 0 Å². The summed E-state index contributed by atoms with van der Waals surface area (Å²) in [5, 5.41) is 0. The topological polar surface area (TPSA) is 29.3 Å². The molecule has 0 spiro atoms. The largest absolute Gasteiger partial charge is 0.399 e. The van der Waals surface area contributed by atoms with E-state index in [1.54, 1.807) is 0 Å².